The number of carbonyl (C=O) groups excluding carboxylic acids is 1. The zero-order valence-electron chi connectivity index (χ0n) is 15.6. The molecule has 1 aromatic carbocycles. The number of carbonyl (C=O) groups is 1. The number of benzene rings is 1. The highest BCUT2D eigenvalue weighted by molar-refractivity contribution is 9.10. The average Bonchev–Trinajstić information content (AvgIpc) is 2.65. The molecule has 0 fully saturated rings. The van der Waals surface area contributed by atoms with Crippen LogP contribution in [-0.2, 0) is 11.3 Å². The predicted octanol–water partition coefficient (Wildman–Crippen LogP) is 2.11. The molecule has 0 bridgehead atoms. The Morgan fingerprint density at radius 3 is 2.75 bits per heavy atom. The Labute approximate surface area is 169 Å². The summed E-state index contributed by atoms with van der Waals surface area (Å²) in [7, 11) is 1.44. The summed E-state index contributed by atoms with van der Waals surface area (Å²) in [5, 5.41) is 0. The van der Waals surface area contributed by atoms with Crippen LogP contribution in [0.1, 0.15) is 30.1 Å². The fourth-order valence-corrected chi connectivity index (χ4v) is 3.10. The Hall–Kier alpha value is -2.46. The first-order chi connectivity index (χ1) is 13.3. The summed E-state index contributed by atoms with van der Waals surface area (Å²) in [5.74, 6) is -1.38. The molecule has 0 radical (unpaired) electrons. The number of hydrogen-bond donors (Lipinski definition) is 2. The number of amides is 1. The number of hydrogen-bond acceptors (Lipinski definition) is 5. The lowest BCUT2D eigenvalue weighted by atomic mass is 10.2. The van der Waals surface area contributed by atoms with Crippen molar-refractivity contribution in [3.8, 4) is 0 Å². The second-order valence-corrected chi connectivity index (χ2v) is 6.93. The van der Waals surface area contributed by atoms with E-state index in [1.54, 1.807) is 0 Å². The number of unbranched alkanes of at least 4 members (excludes halogenated alkanes) is 1. The van der Waals surface area contributed by atoms with Gasteiger partial charge in [-0.25, -0.2) is 9.18 Å². The van der Waals surface area contributed by atoms with E-state index < -0.39 is 23.0 Å². The van der Waals surface area contributed by atoms with Crippen molar-refractivity contribution in [3.63, 3.8) is 0 Å². The molecule has 1 amide bonds. The Kier molecular flexibility index (Phi) is 7.53. The maximum atomic E-state index is 13.7. The molecule has 10 heteroatoms. The number of rotatable bonds is 8. The Bertz CT molecular complexity index is 973. The molecule has 0 saturated carbocycles. The van der Waals surface area contributed by atoms with Gasteiger partial charge < -0.3 is 10.5 Å². The summed E-state index contributed by atoms with van der Waals surface area (Å²) in [4.78, 5) is 41.1. The molecule has 152 valence electrons. The van der Waals surface area contributed by atoms with Gasteiger partial charge in [-0.05, 0) is 40.5 Å². The highest BCUT2D eigenvalue weighted by Gasteiger charge is 2.26. The van der Waals surface area contributed by atoms with E-state index in [0.717, 1.165) is 17.4 Å². The van der Waals surface area contributed by atoms with Crippen LogP contribution in [0.25, 0.3) is 0 Å². The van der Waals surface area contributed by atoms with Gasteiger partial charge in [0.25, 0.3) is 11.5 Å². The van der Waals surface area contributed by atoms with Crippen molar-refractivity contribution in [1.29, 1.82) is 0 Å². The van der Waals surface area contributed by atoms with Crippen LogP contribution < -0.4 is 21.9 Å². The summed E-state index contributed by atoms with van der Waals surface area (Å²) in [6.45, 7) is 2.33. The summed E-state index contributed by atoms with van der Waals surface area (Å²) < 4.78 is 20.3. The van der Waals surface area contributed by atoms with Crippen LogP contribution in [-0.4, -0.2) is 35.7 Å². The second-order valence-electron chi connectivity index (χ2n) is 6.07. The smallest absolute Gasteiger partial charge is 0.330 e. The molecule has 1 heterocycles. The molecule has 0 saturated heterocycles. The largest absolute Gasteiger partial charge is 0.383 e. The van der Waals surface area contributed by atoms with Crippen molar-refractivity contribution in [2.45, 2.75) is 26.3 Å². The third kappa shape index (κ3) is 4.68. The van der Waals surface area contributed by atoms with Gasteiger partial charge in [-0.1, -0.05) is 13.3 Å². The molecule has 0 aliphatic rings. The monoisotopic (exact) mass is 456 g/mol. The van der Waals surface area contributed by atoms with Crippen molar-refractivity contribution in [2.75, 3.05) is 30.9 Å². The first-order valence-corrected chi connectivity index (χ1v) is 9.49. The number of H-pyrrole nitrogens is 1. The minimum absolute atomic E-state index is 0.0150. The van der Waals surface area contributed by atoms with Crippen LogP contribution in [0.2, 0.25) is 0 Å². The molecular weight excluding hydrogens is 435 g/mol. The van der Waals surface area contributed by atoms with Crippen LogP contribution in [0, 0.1) is 5.82 Å². The minimum Gasteiger partial charge on any atom is -0.383 e. The Morgan fingerprint density at radius 2 is 2.11 bits per heavy atom. The van der Waals surface area contributed by atoms with Crippen molar-refractivity contribution >= 4 is 33.3 Å². The summed E-state index contributed by atoms with van der Waals surface area (Å²) >= 11 is 3.22. The van der Waals surface area contributed by atoms with Gasteiger partial charge >= 0.3 is 5.69 Å². The summed E-state index contributed by atoms with van der Waals surface area (Å²) in [6, 6.07) is 3.66. The highest BCUT2D eigenvalue weighted by Crippen LogP contribution is 2.24. The molecule has 0 unspecified atom stereocenters. The minimum atomic E-state index is -0.799. The maximum Gasteiger partial charge on any atom is 0.330 e. The third-order valence-electron chi connectivity index (χ3n) is 4.14. The van der Waals surface area contributed by atoms with E-state index in [9.17, 15) is 18.8 Å². The van der Waals surface area contributed by atoms with Crippen LogP contribution in [0.5, 0.6) is 0 Å². The number of nitrogens with two attached hydrogens (primary N) is 1. The number of nitrogens with zero attached hydrogens (tertiary/aromatic N) is 2. The number of halogens is 2. The lowest BCUT2D eigenvalue weighted by Gasteiger charge is -2.24. The fourth-order valence-electron chi connectivity index (χ4n) is 2.68. The number of nitrogen functional groups attached to an aromatic ring is 1. The zero-order valence-corrected chi connectivity index (χ0v) is 17.2. The van der Waals surface area contributed by atoms with Crippen molar-refractivity contribution in [1.82, 2.24) is 9.55 Å². The van der Waals surface area contributed by atoms with Crippen molar-refractivity contribution < 1.29 is 13.9 Å². The molecule has 0 aliphatic carbocycles. The van der Waals surface area contributed by atoms with Crippen molar-refractivity contribution in [3.05, 3.63) is 54.9 Å². The van der Waals surface area contributed by atoms with Gasteiger partial charge in [0.2, 0.25) is 0 Å². The van der Waals surface area contributed by atoms with Crippen LogP contribution in [0.3, 0.4) is 0 Å². The van der Waals surface area contributed by atoms with E-state index >= 15 is 0 Å². The predicted molar refractivity (Wildman–Crippen MR) is 108 cm³/mol. The van der Waals surface area contributed by atoms with E-state index in [4.69, 9.17) is 10.5 Å². The summed E-state index contributed by atoms with van der Waals surface area (Å²) in [6.07, 6.45) is 1.47. The molecule has 0 spiro atoms. The molecule has 3 N–H and O–H groups in total. The summed E-state index contributed by atoms with van der Waals surface area (Å²) in [5.41, 5.74) is 4.50. The molecule has 2 rings (SSSR count). The lowest BCUT2D eigenvalue weighted by Crippen LogP contribution is -2.42. The van der Waals surface area contributed by atoms with Gasteiger partial charge in [0.1, 0.15) is 11.6 Å². The Balaban J connectivity index is 2.63. The normalized spacial score (nSPS) is 10.9. The van der Waals surface area contributed by atoms with Gasteiger partial charge in [-0.15, -0.1) is 0 Å². The third-order valence-corrected chi connectivity index (χ3v) is 4.83. The van der Waals surface area contributed by atoms with Crippen LogP contribution in [0.15, 0.2) is 32.3 Å². The van der Waals surface area contributed by atoms with E-state index in [2.05, 4.69) is 20.9 Å². The van der Waals surface area contributed by atoms with Gasteiger partial charge in [0.05, 0.1) is 12.2 Å². The Morgan fingerprint density at radius 1 is 1.39 bits per heavy atom. The standard InChI is InChI=1S/C18H22BrFN4O4/c1-3-4-7-24-15(21)14(16(25)22-18(24)27)23(8-9-28-2)17(26)12-10-11(20)5-6-13(12)19/h5-6,10H,3-4,7-9,21H2,1-2H3,(H,22,25,27). The number of aromatic amines is 1. The van der Waals surface area contributed by atoms with Crippen LogP contribution in [0.4, 0.5) is 15.9 Å². The van der Waals surface area contributed by atoms with E-state index in [1.165, 1.54) is 23.8 Å². The molecule has 28 heavy (non-hydrogen) atoms. The zero-order chi connectivity index (χ0) is 20.8. The molecule has 0 aliphatic heterocycles. The number of aromatic nitrogens is 2. The molecule has 1 aromatic heterocycles. The maximum absolute atomic E-state index is 13.7. The van der Waals surface area contributed by atoms with Crippen LogP contribution >= 0.6 is 15.9 Å². The van der Waals surface area contributed by atoms with E-state index in [0.29, 0.717) is 17.4 Å². The second kappa shape index (κ2) is 9.65. The fraction of sp³-hybridized carbons (Fsp3) is 0.389. The molecule has 2 aromatic rings. The van der Waals surface area contributed by atoms with Gasteiger partial charge in [0, 0.05) is 24.7 Å². The number of methoxy groups -OCH3 is 1. The number of anilines is 2. The first kappa shape index (κ1) is 21.8. The van der Waals surface area contributed by atoms with E-state index in [1.807, 2.05) is 6.92 Å². The quantitative estimate of drug-likeness (QED) is 0.631. The van der Waals surface area contributed by atoms with Gasteiger partial charge in [-0.2, -0.15) is 0 Å². The molecular formula is C18H22BrFN4O4. The topological polar surface area (TPSA) is 110 Å². The van der Waals surface area contributed by atoms with E-state index in [-0.39, 0.29) is 30.2 Å². The number of nitrogens with one attached hydrogen (secondary N) is 1. The van der Waals surface area contributed by atoms with Crippen molar-refractivity contribution in [2.24, 2.45) is 0 Å². The van der Waals surface area contributed by atoms with Gasteiger partial charge in [0.15, 0.2) is 5.69 Å². The first-order valence-electron chi connectivity index (χ1n) is 8.70. The molecule has 8 nitrogen and oxygen atoms in total. The lowest BCUT2D eigenvalue weighted by molar-refractivity contribution is 0.0974. The average molecular weight is 457 g/mol. The van der Waals surface area contributed by atoms with Gasteiger partial charge in [-0.3, -0.25) is 24.0 Å². The number of ether oxygens (including phenoxy) is 1. The highest BCUT2D eigenvalue weighted by atomic mass is 79.9. The molecule has 0 atom stereocenters. The SMILES string of the molecule is CCCCn1c(N)c(N(CCOC)C(=O)c2cc(F)ccc2Br)c(=O)[nH]c1=O.